The number of anilines is 2. The second-order valence-corrected chi connectivity index (χ2v) is 8.45. The first-order chi connectivity index (χ1) is 16.2. The predicted molar refractivity (Wildman–Crippen MR) is 137 cm³/mol. The van der Waals surface area contributed by atoms with Gasteiger partial charge in [-0.25, -0.2) is 15.7 Å². The number of nitrogens with zero attached hydrogens (tertiary/aromatic N) is 4. The van der Waals surface area contributed by atoms with E-state index in [1.165, 1.54) is 17.1 Å². The van der Waals surface area contributed by atoms with Gasteiger partial charge in [-0.05, 0) is 54.8 Å². The standard InChI is InChI=1S/C25H36FN7O/c1-18(2)15-31(6)25(34)19(3)24(30-22-11-9-21(26)10-12-22)32(27)16-20-7-13-23(14-8-20)33(29-5)17-28-4/h7-14,17-18,29-30H,15-16,27H2,1-6H3/b24-19+,28-17?. The summed E-state index contributed by atoms with van der Waals surface area (Å²) >= 11 is 0. The topological polar surface area (TPSA) is 89.2 Å². The van der Waals surface area contributed by atoms with E-state index >= 15 is 0 Å². The van der Waals surface area contributed by atoms with Crippen molar-refractivity contribution in [2.24, 2.45) is 16.8 Å². The number of nitrogens with two attached hydrogens (primary N) is 1. The summed E-state index contributed by atoms with van der Waals surface area (Å²) in [4.78, 5) is 18.8. The van der Waals surface area contributed by atoms with E-state index in [0.29, 0.717) is 36.1 Å². The van der Waals surface area contributed by atoms with E-state index in [-0.39, 0.29) is 11.7 Å². The van der Waals surface area contributed by atoms with Crippen LogP contribution in [0, 0.1) is 11.7 Å². The van der Waals surface area contributed by atoms with Gasteiger partial charge in [0.25, 0.3) is 5.91 Å². The Morgan fingerprint density at radius 1 is 1.15 bits per heavy atom. The molecule has 0 fully saturated rings. The minimum absolute atomic E-state index is 0.132. The molecule has 2 rings (SSSR count). The first-order valence-corrected chi connectivity index (χ1v) is 11.1. The maximum atomic E-state index is 13.4. The number of nitrogens with one attached hydrogen (secondary N) is 2. The van der Waals surface area contributed by atoms with Gasteiger partial charge in [0.15, 0.2) is 0 Å². The number of hydrazine groups is 2. The summed E-state index contributed by atoms with van der Waals surface area (Å²) in [6.07, 6.45) is 1.68. The third-order valence-electron chi connectivity index (χ3n) is 5.10. The number of halogens is 1. The minimum atomic E-state index is -0.339. The monoisotopic (exact) mass is 469 g/mol. The van der Waals surface area contributed by atoms with Crippen molar-refractivity contribution in [2.45, 2.75) is 27.3 Å². The smallest absolute Gasteiger partial charge is 0.252 e. The average molecular weight is 470 g/mol. The number of amides is 1. The molecule has 1 amide bonds. The molecule has 0 aliphatic rings. The number of rotatable bonds is 11. The van der Waals surface area contributed by atoms with Gasteiger partial charge in [0.2, 0.25) is 0 Å². The summed E-state index contributed by atoms with van der Waals surface area (Å²) in [6, 6.07) is 13.7. The van der Waals surface area contributed by atoms with Crippen LogP contribution in [0.1, 0.15) is 26.3 Å². The van der Waals surface area contributed by atoms with Crippen LogP contribution < -0.4 is 21.6 Å². The van der Waals surface area contributed by atoms with Crippen molar-refractivity contribution >= 4 is 23.6 Å². The Morgan fingerprint density at radius 3 is 2.29 bits per heavy atom. The minimum Gasteiger partial charge on any atom is -0.342 e. The van der Waals surface area contributed by atoms with Crippen molar-refractivity contribution in [2.75, 3.05) is 38.0 Å². The Bertz CT molecular complexity index is 987. The third-order valence-corrected chi connectivity index (χ3v) is 5.10. The fraction of sp³-hybridized carbons (Fsp3) is 0.360. The maximum absolute atomic E-state index is 13.4. The molecule has 34 heavy (non-hydrogen) atoms. The first-order valence-electron chi connectivity index (χ1n) is 11.1. The van der Waals surface area contributed by atoms with Crippen LogP contribution >= 0.6 is 0 Å². The summed E-state index contributed by atoms with van der Waals surface area (Å²) in [5, 5.41) is 6.49. The summed E-state index contributed by atoms with van der Waals surface area (Å²) in [5.41, 5.74) is 6.00. The molecule has 0 saturated carbocycles. The number of hydrogen-bond donors (Lipinski definition) is 3. The van der Waals surface area contributed by atoms with Crippen molar-refractivity contribution in [3.8, 4) is 0 Å². The van der Waals surface area contributed by atoms with Crippen molar-refractivity contribution in [3.63, 3.8) is 0 Å². The molecule has 4 N–H and O–H groups in total. The molecule has 0 saturated heterocycles. The van der Waals surface area contributed by atoms with Crippen LogP contribution in [0.5, 0.6) is 0 Å². The lowest BCUT2D eigenvalue weighted by molar-refractivity contribution is -0.126. The molecule has 0 spiro atoms. The first kappa shape index (κ1) is 26.8. The normalized spacial score (nSPS) is 12.0. The lowest BCUT2D eigenvalue weighted by Gasteiger charge is -2.28. The van der Waals surface area contributed by atoms with Crippen molar-refractivity contribution < 1.29 is 9.18 Å². The molecule has 9 heteroatoms. The molecule has 0 aliphatic heterocycles. The number of hydrogen-bond acceptors (Lipinski definition) is 6. The van der Waals surface area contributed by atoms with Gasteiger partial charge in [0.05, 0.1) is 17.8 Å². The number of benzene rings is 2. The molecule has 0 aromatic heterocycles. The summed E-state index contributed by atoms with van der Waals surface area (Å²) < 4.78 is 13.4. The second kappa shape index (κ2) is 12.7. The van der Waals surface area contributed by atoms with E-state index in [4.69, 9.17) is 5.84 Å². The molecule has 2 aromatic rings. The Balaban J connectivity index is 2.31. The quantitative estimate of drug-likeness (QED) is 0.153. The van der Waals surface area contributed by atoms with Crippen LogP contribution in [-0.2, 0) is 11.3 Å². The van der Waals surface area contributed by atoms with E-state index in [9.17, 15) is 9.18 Å². The zero-order valence-corrected chi connectivity index (χ0v) is 20.8. The van der Waals surface area contributed by atoms with Gasteiger partial charge in [0.1, 0.15) is 18.0 Å². The van der Waals surface area contributed by atoms with Crippen LogP contribution in [0.4, 0.5) is 15.8 Å². The fourth-order valence-corrected chi connectivity index (χ4v) is 3.48. The Hall–Kier alpha value is -3.43. The summed E-state index contributed by atoms with van der Waals surface area (Å²) in [5.74, 6) is 6.77. The number of aliphatic imine (C=N–C) groups is 1. The zero-order chi connectivity index (χ0) is 25.3. The third kappa shape index (κ3) is 7.57. The van der Waals surface area contributed by atoms with Crippen LogP contribution in [0.15, 0.2) is 64.9 Å². The molecule has 0 bridgehead atoms. The highest BCUT2D eigenvalue weighted by molar-refractivity contribution is 5.93. The van der Waals surface area contributed by atoms with Crippen LogP contribution in [-0.4, -0.2) is 49.8 Å². The van der Waals surface area contributed by atoms with Gasteiger partial charge in [0, 0.05) is 33.4 Å². The Labute approximate surface area is 201 Å². The molecule has 8 nitrogen and oxygen atoms in total. The molecular formula is C25H36FN7O. The molecule has 0 unspecified atom stereocenters. The molecule has 184 valence electrons. The van der Waals surface area contributed by atoms with E-state index in [2.05, 4.69) is 29.6 Å². The van der Waals surface area contributed by atoms with Crippen molar-refractivity contribution in [3.05, 3.63) is 71.3 Å². The number of carbonyl (C=O) groups is 1. The average Bonchev–Trinajstić information content (AvgIpc) is 2.81. The summed E-state index contributed by atoms with van der Waals surface area (Å²) in [6.45, 7) is 6.82. The Kier molecular flexibility index (Phi) is 10.0. The van der Waals surface area contributed by atoms with Crippen molar-refractivity contribution in [1.82, 2.24) is 15.3 Å². The highest BCUT2D eigenvalue weighted by Crippen LogP contribution is 2.20. The Morgan fingerprint density at radius 2 is 1.76 bits per heavy atom. The molecule has 0 aliphatic carbocycles. The van der Waals surface area contributed by atoms with E-state index < -0.39 is 0 Å². The van der Waals surface area contributed by atoms with Gasteiger partial charge < -0.3 is 10.2 Å². The van der Waals surface area contributed by atoms with E-state index in [1.54, 1.807) is 49.4 Å². The lowest BCUT2D eigenvalue weighted by atomic mass is 10.1. The highest BCUT2D eigenvalue weighted by Gasteiger charge is 2.20. The van der Waals surface area contributed by atoms with Gasteiger partial charge in [-0.2, -0.15) is 0 Å². The van der Waals surface area contributed by atoms with Crippen LogP contribution in [0.3, 0.4) is 0 Å². The molecular weight excluding hydrogens is 433 g/mol. The molecule has 0 heterocycles. The second-order valence-electron chi connectivity index (χ2n) is 8.45. The van der Waals surface area contributed by atoms with Crippen molar-refractivity contribution in [1.29, 1.82) is 0 Å². The number of carbonyl (C=O) groups excluding carboxylic acids is 1. The van der Waals surface area contributed by atoms with Gasteiger partial charge in [-0.1, -0.05) is 26.0 Å². The fourth-order valence-electron chi connectivity index (χ4n) is 3.48. The predicted octanol–water partition coefficient (Wildman–Crippen LogP) is 3.56. The van der Waals surface area contributed by atoms with Crippen LogP contribution in [0.2, 0.25) is 0 Å². The largest absolute Gasteiger partial charge is 0.342 e. The van der Waals surface area contributed by atoms with E-state index in [0.717, 1.165) is 11.3 Å². The number of likely N-dealkylation sites (N-methyl/N-ethyl adjacent to an activating group) is 1. The zero-order valence-electron chi connectivity index (χ0n) is 20.8. The summed E-state index contributed by atoms with van der Waals surface area (Å²) in [7, 11) is 5.29. The molecule has 2 aromatic carbocycles. The maximum Gasteiger partial charge on any atom is 0.252 e. The SMILES string of the molecule is CN=CN(NC)c1ccc(CN(N)/C(Nc2ccc(F)cc2)=C(\C)C(=O)N(C)CC(C)C)cc1. The van der Waals surface area contributed by atoms with Gasteiger partial charge in [-0.15, -0.1) is 0 Å². The van der Waals surface area contributed by atoms with Crippen LogP contribution in [0.25, 0.3) is 0 Å². The van der Waals surface area contributed by atoms with Gasteiger partial charge >= 0.3 is 0 Å². The lowest BCUT2D eigenvalue weighted by Crippen LogP contribution is -2.38. The van der Waals surface area contributed by atoms with Gasteiger partial charge in [-0.3, -0.25) is 19.8 Å². The molecule has 0 atom stereocenters. The molecule has 0 radical (unpaired) electrons. The van der Waals surface area contributed by atoms with E-state index in [1.807, 2.05) is 31.3 Å². The highest BCUT2D eigenvalue weighted by atomic mass is 19.1.